The van der Waals surface area contributed by atoms with Gasteiger partial charge in [-0.3, -0.25) is 4.79 Å². The van der Waals surface area contributed by atoms with Crippen molar-refractivity contribution in [1.82, 2.24) is 0 Å². The number of carbonyl (C=O) groups is 2. The largest absolute Gasteiger partial charge is 0.465 e. The fourth-order valence-corrected chi connectivity index (χ4v) is 2.21. The molecular formula is C15H11Cl2NO3. The second-order valence-electron chi connectivity index (χ2n) is 4.15. The maximum absolute atomic E-state index is 12.1. The maximum atomic E-state index is 12.1. The molecule has 21 heavy (non-hydrogen) atoms. The number of hydrogen-bond donors (Lipinski definition) is 1. The Morgan fingerprint density at radius 2 is 1.86 bits per heavy atom. The molecule has 0 spiro atoms. The summed E-state index contributed by atoms with van der Waals surface area (Å²) in [5, 5.41) is 3.37. The average molecular weight is 324 g/mol. The van der Waals surface area contributed by atoms with Gasteiger partial charge in [-0.05, 0) is 36.4 Å². The Bertz CT molecular complexity index is 701. The molecule has 0 aliphatic carbocycles. The summed E-state index contributed by atoms with van der Waals surface area (Å²) in [7, 11) is 1.29. The second kappa shape index (κ2) is 6.61. The van der Waals surface area contributed by atoms with E-state index < -0.39 is 11.9 Å². The Morgan fingerprint density at radius 3 is 2.52 bits per heavy atom. The van der Waals surface area contributed by atoms with Crippen molar-refractivity contribution in [3.63, 3.8) is 0 Å². The number of carbonyl (C=O) groups excluding carboxylic acids is 2. The van der Waals surface area contributed by atoms with Crippen molar-refractivity contribution in [2.75, 3.05) is 12.4 Å². The van der Waals surface area contributed by atoms with Crippen LogP contribution in [-0.4, -0.2) is 19.0 Å². The van der Waals surface area contributed by atoms with Crippen LogP contribution < -0.4 is 5.32 Å². The molecule has 0 aromatic heterocycles. The van der Waals surface area contributed by atoms with Crippen molar-refractivity contribution in [3.8, 4) is 0 Å². The molecule has 2 aromatic carbocycles. The first-order valence-corrected chi connectivity index (χ1v) is 6.71. The molecule has 4 nitrogen and oxygen atoms in total. The first-order valence-electron chi connectivity index (χ1n) is 5.96. The summed E-state index contributed by atoms with van der Waals surface area (Å²) in [6.45, 7) is 0. The fourth-order valence-electron chi connectivity index (χ4n) is 1.71. The van der Waals surface area contributed by atoms with E-state index in [1.807, 2.05) is 0 Å². The molecule has 0 atom stereocenters. The lowest BCUT2D eigenvalue weighted by Crippen LogP contribution is -2.13. The minimum absolute atomic E-state index is 0.254. The molecule has 0 heterocycles. The van der Waals surface area contributed by atoms with E-state index in [9.17, 15) is 9.59 Å². The molecule has 2 rings (SSSR count). The number of halogens is 2. The van der Waals surface area contributed by atoms with E-state index in [4.69, 9.17) is 23.2 Å². The van der Waals surface area contributed by atoms with Gasteiger partial charge in [0.2, 0.25) is 0 Å². The topological polar surface area (TPSA) is 55.4 Å². The van der Waals surface area contributed by atoms with Crippen molar-refractivity contribution in [2.45, 2.75) is 0 Å². The highest BCUT2D eigenvalue weighted by atomic mass is 35.5. The summed E-state index contributed by atoms with van der Waals surface area (Å²) in [6, 6.07) is 11.0. The molecular weight excluding hydrogens is 313 g/mol. The molecule has 0 aliphatic rings. The number of benzene rings is 2. The molecule has 1 amide bonds. The van der Waals surface area contributed by atoms with Gasteiger partial charge in [-0.15, -0.1) is 0 Å². The summed E-state index contributed by atoms with van der Waals surface area (Å²) in [5.41, 5.74) is 1.11. The molecule has 1 N–H and O–H groups in total. The lowest BCUT2D eigenvalue weighted by atomic mass is 10.1. The molecule has 0 bridgehead atoms. The number of methoxy groups -OCH3 is 1. The fraction of sp³-hybridized carbons (Fsp3) is 0.0667. The first kappa shape index (κ1) is 15.4. The highest BCUT2D eigenvalue weighted by molar-refractivity contribution is 6.37. The smallest absolute Gasteiger partial charge is 0.337 e. The Balaban J connectivity index is 2.21. The minimum Gasteiger partial charge on any atom is -0.465 e. The molecule has 6 heteroatoms. The van der Waals surface area contributed by atoms with Crippen molar-refractivity contribution in [3.05, 3.63) is 63.6 Å². The molecule has 0 radical (unpaired) electrons. The summed E-state index contributed by atoms with van der Waals surface area (Å²) >= 11 is 11.8. The van der Waals surface area contributed by atoms with Crippen LogP contribution in [0.3, 0.4) is 0 Å². The van der Waals surface area contributed by atoms with Crippen molar-refractivity contribution in [1.29, 1.82) is 0 Å². The van der Waals surface area contributed by atoms with E-state index in [0.29, 0.717) is 21.8 Å². The number of amides is 1. The predicted octanol–water partition coefficient (Wildman–Crippen LogP) is 4.03. The van der Waals surface area contributed by atoms with Gasteiger partial charge >= 0.3 is 5.97 Å². The number of esters is 1. The standard InChI is InChI=1S/C15H11Cl2NO3/c1-21-15(20)9-3-2-4-11(7-9)18-14(19)12-6-5-10(16)8-13(12)17/h2-8H,1H3,(H,18,19). The Labute approximate surface area is 131 Å². The monoisotopic (exact) mass is 323 g/mol. The van der Waals surface area contributed by atoms with E-state index in [0.717, 1.165) is 0 Å². The number of ether oxygens (including phenoxy) is 1. The van der Waals surface area contributed by atoms with Gasteiger partial charge in [0.1, 0.15) is 0 Å². The van der Waals surface area contributed by atoms with Crippen LogP contribution in [0.1, 0.15) is 20.7 Å². The normalized spacial score (nSPS) is 10.0. The van der Waals surface area contributed by atoms with Crippen LogP contribution >= 0.6 is 23.2 Å². The summed E-state index contributed by atoms with van der Waals surface area (Å²) in [6.07, 6.45) is 0. The van der Waals surface area contributed by atoms with Gasteiger partial charge < -0.3 is 10.1 Å². The lowest BCUT2D eigenvalue weighted by Gasteiger charge is -2.08. The second-order valence-corrected chi connectivity index (χ2v) is 4.99. The molecule has 0 aliphatic heterocycles. The first-order chi connectivity index (χ1) is 10.0. The van der Waals surface area contributed by atoms with E-state index in [1.165, 1.54) is 25.3 Å². The molecule has 2 aromatic rings. The zero-order chi connectivity index (χ0) is 15.4. The number of anilines is 1. The van der Waals surface area contributed by atoms with Crippen LogP contribution in [0.5, 0.6) is 0 Å². The van der Waals surface area contributed by atoms with Gasteiger partial charge in [0.25, 0.3) is 5.91 Å². The average Bonchev–Trinajstić information content (AvgIpc) is 2.46. The minimum atomic E-state index is -0.476. The van der Waals surface area contributed by atoms with Crippen LogP contribution in [0.4, 0.5) is 5.69 Å². The SMILES string of the molecule is COC(=O)c1cccc(NC(=O)c2ccc(Cl)cc2Cl)c1. The summed E-state index contributed by atoms with van der Waals surface area (Å²) in [4.78, 5) is 23.6. The van der Waals surface area contributed by atoms with Crippen LogP contribution in [0, 0.1) is 0 Å². The maximum Gasteiger partial charge on any atom is 0.337 e. The van der Waals surface area contributed by atoms with Crippen molar-refractivity contribution >= 4 is 40.8 Å². The van der Waals surface area contributed by atoms with E-state index >= 15 is 0 Å². The zero-order valence-corrected chi connectivity index (χ0v) is 12.5. The number of hydrogen-bond acceptors (Lipinski definition) is 3. The molecule has 108 valence electrons. The lowest BCUT2D eigenvalue weighted by molar-refractivity contribution is 0.0600. The van der Waals surface area contributed by atoms with Gasteiger partial charge in [-0.1, -0.05) is 29.3 Å². The van der Waals surface area contributed by atoms with Crippen LogP contribution in [0.2, 0.25) is 10.0 Å². The van der Waals surface area contributed by atoms with E-state index in [-0.39, 0.29) is 5.02 Å². The molecule has 0 saturated carbocycles. The third-order valence-electron chi connectivity index (χ3n) is 2.72. The predicted molar refractivity (Wildman–Crippen MR) is 82.2 cm³/mol. The molecule has 0 fully saturated rings. The van der Waals surface area contributed by atoms with Crippen molar-refractivity contribution < 1.29 is 14.3 Å². The van der Waals surface area contributed by atoms with E-state index in [2.05, 4.69) is 10.1 Å². The highest BCUT2D eigenvalue weighted by Crippen LogP contribution is 2.22. The summed E-state index contributed by atoms with van der Waals surface area (Å²) in [5.74, 6) is -0.866. The van der Waals surface area contributed by atoms with Gasteiger partial charge in [0, 0.05) is 10.7 Å². The summed E-state index contributed by atoms with van der Waals surface area (Å²) < 4.78 is 4.63. The van der Waals surface area contributed by atoms with Gasteiger partial charge in [-0.25, -0.2) is 4.79 Å². The Kier molecular flexibility index (Phi) is 4.83. The third-order valence-corrected chi connectivity index (χ3v) is 3.27. The molecule has 0 saturated heterocycles. The van der Waals surface area contributed by atoms with E-state index in [1.54, 1.807) is 24.3 Å². The number of rotatable bonds is 3. The number of nitrogens with one attached hydrogen (secondary N) is 1. The third kappa shape index (κ3) is 3.74. The van der Waals surface area contributed by atoms with Gasteiger partial charge in [-0.2, -0.15) is 0 Å². The molecule has 0 unspecified atom stereocenters. The Morgan fingerprint density at radius 1 is 1.10 bits per heavy atom. The van der Waals surface area contributed by atoms with Crippen molar-refractivity contribution in [2.24, 2.45) is 0 Å². The van der Waals surface area contributed by atoms with Crippen LogP contribution in [0.15, 0.2) is 42.5 Å². The quantitative estimate of drug-likeness (QED) is 0.867. The van der Waals surface area contributed by atoms with Gasteiger partial charge in [0.05, 0.1) is 23.3 Å². The zero-order valence-electron chi connectivity index (χ0n) is 11.0. The highest BCUT2D eigenvalue weighted by Gasteiger charge is 2.12. The van der Waals surface area contributed by atoms with Crippen LogP contribution in [0.25, 0.3) is 0 Å². The van der Waals surface area contributed by atoms with Crippen LogP contribution in [-0.2, 0) is 4.74 Å². The Hall–Kier alpha value is -2.04. The van der Waals surface area contributed by atoms with Gasteiger partial charge in [0.15, 0.2) is 0 Å².